The SMILES string of the molecule is O=C(O)CCn1nc(-c2ccc(Cl)cc2)ccc1=O. The third kappa shape index (κ3) is 3.42. The molecule has 0 bridgehead atoms. The lowest BCUT2D eigenvalue weighted by atomic mass is 10.1. The van der Waals surface area contributed by atoms with Crippen molar-refractivity contribution in [3.8, 4) is 11.3 Å². The van der Waals surface area contributed by atoms with Gasteiger partial charge in [0.25, 0.3) is 5.56 Å². The number of benzene rings is 1. The van der Waals surface area contributed by atoms with Gasteiger partial charge in [0, 0.05) is 16.7 Å². The number of carbonyl (C=O) groups is 1. The third-order valence-corrected chi connectivity index (χ3v) is 2.80. The molecule has 2 rings (SSSR count). The Morgan fingerprint density at radius 1 is 1.21 bits per heavy atom. The summed E-state index contributed by atoms with van der Waals surface area (Å²) in [6.07, 6.45) is -0.142. The van der Waals surface area contributed by atoms with Crippen LogP contribution in [0.1, 0.15) is 6.42 Å². The molecule has 1 aromatic heterocycles. The first kappa shape index (κ1) is 13.3. The zero-order chi connectivity index (χ0) is 13.8. The number of hydrogen-bond acceptors (Lipinski definition) is 3. The van der Waals surface area contributed by atoms with Crippen LogP contribution in [0.25, 0.3) is 11.3 Å². The molecule has 0 fully saturated rings. The maximum Gasteiger partial charge on any atom is 0.305 e. The Morgan fingerprint density at radius 2 is 1.89 bits per heavy atom. The maximum absolute atomic E-state index is 11.6. The van der Waals surface area contributed by atoms with E-state index in [1.54, 1.807) is 30.3 Å². The van der Waals surface area contributed by atoms with Crippen molar-refractivity contribution < 1.29 is 9.90 Å². The predicted octanol–water partition coefficient (Wildman–Crippen LogP) is 2.04. The number of aryl methyl sites for hydroxylation is 1. The predicted molar refractivity (Wildman–Crippen MR) is 71.2 cm³/mol. The Kier molecular flexibility index (Phi) is 3.97. The summed E-state index contributed by atoms with van der Waals surface area (Å²) in [5.74, 6) is -0.967. The molecule has 2 aromatic rings. The lowest BCUT2D eigenvalue weighted by molar-refractivity contribution is -0.137. The number of rotatable bonds is 4. The lowest BCUT2D eigenvalue weighted by Crippen LogP contribution is -2.23. The number of aliphatic carboxylic acids is 1. The second-order valence-corrected chi connectivity index (χ2v) is 4.37. The Balaban J connectivity index is 2.32. The number of nitrogens with zero attached hydrogens (tertiary/aromatic N) is 2. The van der Waals surface area contributed by atoms with Crippen LogP contribution < -0.4 is 5.56 Å². The third-order valence-electron chi connectivity index (χ3n) is 2.54. The lowest BCUT2D eigenvalue weighted by Gasteiger charge is -2.06. The monoisotopic (exact) mass is 278 g/mol. The van der Waals surface area contributed by atoms with Gasteiger partial charge in [0.1, 0.15) is 0 Å². The minimum Gasteiger partial charge on any atom is -0.481 e. The van der Waals surface area contributed by atoms with Crippen molar-refractivity contribution in [2.75, 3.05) is 0 Å². The van der Waals surface area contributed by atoms with Crippen molar-refractivity contribution in [2.45, 2.75) is 13.0 Å². The molecule has 5 nitrogen and oxygen atoms in total. The average molecular weight is 279 g/mol. The summed E-state index contributed by atoms with van der Waals surface area (Å²) < 4.78 is 1.15. The zero-order valence-corrected chi connectivity index (χ0v) is 10.7. The summed E-state index contributed by atoms with van der Waals surface area (Å²) in [5.41, 5.74) is 1.09. The van der Waals surface area contributed by atoms with Gasteiger partial charge in [0.15, 0.2) is 0 Å². The summed E-state index contributed by atoms with van der Waals surface area (Å²) in [6.45, 7) is 0.0512. The van der Waals surface area contributed by atoms with Crippen LogP contribution in [0.5, 0.6) is 0 Å². The van der Waals surface area contributed by atoms with Crippen LogP contribution in [0.3, 0.4) is 0 Å². The van der Waals surface area contributed by atoms with E-state index >= 15 is 0 Å². The second-order valence-electron chi connectivity index (χ2n) is 3.93. The maximum atomic E-state index is 11.6. The van der Waals surface area contributed by atoms with Crippen LogP contribution in [0, 0.1) is 0 Å². The highest BCUT2D eigenvalue weighted by Gasteiger charge is 2.05. The Labute approximate surface area is 114 Å². The van der Waals surface area contributed by atoms with Crippen molar-refractivity contribution in [1.82, 2.24) is 9.78 Å². The molecular weight excluding hydrogens is 268 g/mol. The van der Waals surface area contributed by atoms with Crippen LogP contribution in [-0.2, 0) is 11.3 Å². The molecular formula is C13H11ClN2O3. The minimum absolute atomic E-state index is 0.0512. The Hall–Kier alpha value is -2.14. The molecule has 19 heavy (non-hydrogen) atoms. The van der Waals surface area contributed by atoms with Gasteiger partial charge in [-0.05, 0) is 18.2 Å². The van der Waals surface area contributed by atoms with E-state index in [2.05, 4.69) is 5.10 Å². The number of aromatic nitrogens is 2. The zero-order valence-electron chi connectivity index (χ0n) is 9.91. The second kappa shape index (κ2) is 5.67. The molecule has 1 heterocycles. The minimum atomic E-state index is -0.967. The van der Waals surface area contributed by atoms with Crippen molar-refractivity contribution in [3.63, 3.8) is 0 Å². The van der Waals surface area contributed by atoms with E-state index in [9.17, 15) is 9.59 Å². The summed E-state index contributed by atoms with van der Waals surface area (Å²) in [7, 11) is 0. The van der Waals surface area contributed by atoms with E-state index in [0.29, 0.717) is 10.7 Å². The molecule has 6 heteroatoms. The Morgan fingerprint density at radius 3 is 2.53 bits per heavy atom. The standard InChI is InChI=1S/C13H11ClN2O3/c14-10-3-1-9(2-4-10)11-5-6-12(17)16(15-11)8-7-13(18)19/h1-6H,7-8H2,(H,18,19). The number of halogens is 1. The molecule has 0 atom stereocenters. The summed E-state index contributed by atoms with van der Waals surface area (Å²) in [5, 5.41) is 13.4. The first-order valence-electron chi connectivity index (χ1n) is 5.62. The van der Waals surface area contributed by atoms with E-state index in [0.717, 1.165) is 10.2 Å². The molecule has 0 spiro atoms. The molecule has 0 saturated carbocycles. The van der Waals surface area contributed by atoms with E-state index in [1.165, 1.54) is 6.07 Å². The topological polar surface area (TPSA) is 72.2 Å². The fourth-order valence-electron chi connectivity index (χ4n) is 1.59. The van der Waals surface area contributed by atoms with Gasteiger partial charge in [-0.25, -0.2) is 4.68 Å². The normalized spacial score (nSPS) is 10.4. The molecule has 0 radical (unpaired) electrons. The van der Waals surface area contributed by atoms with Gasteiger partial charge >= 0.3 is 5.97 Å². The number of carboxylic acids is 1. The highest BCUT2D eigenvalue weighted by Crippen LogP contribution is 2.18. The fraction of sp³-hybridized carbons (Fsp3) is 0.154. The van der Waals surface area contributed by atoms with Crippen molar-refractivity contribution in [2.24, 2.45) is 0 Å². The highest BCUT2D eigenvalue weighted by atomic mass is 35.5. The highest BCUT2D eigenvalue weighted by molar-refractivity contribution is 6.30. The van der Waals surface area contributed by atoms with Crippen LogP contribution in [-0.4, -0.2) is 20.9 Å². The molecule has 98 valence electrons. The van der Waals surface area contributed by atoms with Gasteiger partial charge in [-0.1, -0.05) is 23.7 Å². The van der Waals surface area contributed by atoms with Gasteiger partial charge < -0.3 is 5.11 Å². The average Bonchev–Trinajstić information content (AvgIpc) is 2.39. The van der Waals surface area contributed by atoms with Crippen molar-refractivity contribution >= 4 is 17.6 Å². The molecule has 1 aromatic carbocycles. The molecule has 0 aliphatic rings. The van der Waals surface area contributed by atoms with Crippen LogP contribution in [0.4, 0.5) is 0 Å². The first-order chi connectivity index (χ1) is 9.06. The molecule has 0 amide bonds. The van der Waals surface area contributed by atoms with Gasteiger partial charge in [-0.2, -0.15) is 5.10 Å². The van der Waals surface area contributed by atoms with Crippen LogP contribution in [0.15, 0.2) is 41.2 Å². The fourth-order valence-corrected chi connectivity index (χ4v) is 1.71. The number of hydrogen-bond donors (Lipinski definition) is 1. The number of carboxylic acid groups (broad SMARTS) is 1. The molecule has 1 N–H and O–H groups in total. The van der Waals surface area contributed by atoms with Crippen LogP contribution >= 0.6 is 11.6 Å². The van der Waals surface area contributed by atoms with Crippen molar-refractivity contribution in [1.29, 1.82) is 0 Å². The van der Waals surface area contributed by atoms with Gasteiger partial charge in [0.2, 0.25) is 0 Å². The largest absolute Gasteiger partial charge is 0.481 e. The van der Waals surface area contributed by atoms with E-state index in [1.807, 2.05) is 0 Å². The van der Waals surface area contributed by atoms with E-state index in [4.69, 9.17) is 16.7 Å². The van der Waals surface area contributed by atoms with E-state index in [-0.39, 0.29) is 18.5 Å². The first-order valence-corrected chi connectivity index (χ1v) is 6.00. The summed E-state index contributed by atoms with van der Waals surface area (Å²) in [6, 6.07) is 10.0. The van der Waals surface area contributed by atoms with Gasteiger partial charge in [-0.3, -0.25) is 9.59 Å². The molecule has 0 unspecified atom stereocenters. The van der Waals surface area contributed by atoms with Crippen molar-refractivity contribution in [3.05, 3.63) is 51.8 Å². The van der Waals surface area contributed by atoms with Gasteiger partial charge in [-0.15, -0.1) is 0 Å². The summed E-state index contributed by atoms with van der Waals surface area (Å²) in [4.78, 5) is 22.1. The van der Waals surface area contributed by atoms with E-state index < -0.39 is 5.97 Å². The quantitative estimate of drug-likeness (QED) is 0.929. The van der Waals surface area contributed by atoms with Gasteiger partial charge in [0.05, 0.1) is 18.7 Å². The smallest absolute Gasteiger partial charge is 0.305 e. The molecule has 0 saturated heterocycles. The van der Waals surface area contributed by atoms with Crippen LogP contribution in [0.2, 0.25) is 5.02 Å². The Bertz CT molecular complexity index is 650. The molecule has 0 aliphatic heterocycles. The summed E-state index contributed by atoms with van der Waals surface area (Å²) >= 11 is 5.80. The molecule has 0 aliphatic carbocycles.